The Hall–Kier alpha value is -1.36. The van der Waals surface area contributed by atoms with E-state index in [4.69, 9.17) is 5.11 Å². The van der Waals surface area contributed by atoms with Crippen molar-refractivity contribution in [2.75, 3.05) is 20.1 Å². The number of carbonyl (C=O) groups excluding carboxylic acids is 1. The van der Waals surface area contributed by atoms with Crippen molar-refractivity contribution in [2.45, 2.75) is 96.4 Å². The van der Waals surface area contributed by atoms with E-state index in [-0.39, 0.29) is 12.6 Å². The highest BCUT2D eigenvalue weighted by Gasteiger charge is 2.16. The fourth-order valence-corrected chi connectivity index (χ4v) is 3.20. The molecule has 0 radical (unpaired) electrons. The van der Waals surface area contributed by atoms with Crippen molar-refractivity contribution in [3.05, 3.63) is 12.2 Å². The van der Waals surface area contributed by atoms with Crippen LogP contribution in [0.3, 0.4) is 0 Å². The smallest absolute Gasteiger partial charge is 0.407 e. The molecule has 2 N–H and O–H groups in total. The van der Waals surface area contributed by atoms with Gasteiger partial charge in [0.1, 0.15) is 6.29 Å². The van der Waals surface area contributed by atoms with Crippen LogP contribution in [0.2, 0.25) is 0 Å². The molecule has 5 nitrogen and oxygen atoms in total. The molecule has 0 spiro atoms. The molecule has 1 amide bonds. The zero-order valence-corrected chi connectivity index (χ0v) is 17.6. The van der Waals surface area contributed by atoms with Gasteiger partial charge >= 0.3 is 6.09 Å². The fraction of sp³-hybridized carbons (Fsp3) is 0.818. The normalized spacial score (nSPS) is 12.4. The predicted molar refractivity (Wildman–Crippen MR) is 113 cm³/mol. The number of carboxylic acid groups (broad SMARTS) is 1. The van der Waals surface area contributed by atoms with Crippen molar-refractivity contribution in [3.8, 4) is 0 Å². The number of carbonyl (C=O) groups is 2. The molecule has 5 heteroatoms. The number of amides is 1. The molecule has 1 unspecified atom stereocenters. The molecule has 27 heavy (non-hydrogen) atoms. The Morgan fingerprint density at radius 1 is 0.963 bits per heavy atom. The SMILES string of the molecule is CCCCCCCCCCCC=CCCCC(CN(CC=O)C(=O)O)NC. The van der Waals surface area contributed by atoms with Crippen LogP contribution in [0.1, 0.15) is 90.4 Å². The second-order valence-electron chi connectivity index (χ2n) is 7.36. The summed E-state index contributed by atoms with van der Waals surface area (Å²) in [5.41, 5.74) is 0. The zero-order chi connectivity index (χ0) is 20.2. The van der Waals surface area contributed by atoms with Crippen LogP contribution in [0.4, 0.5) is 4.79 Å². The van der Waals surface area contributed by atoms with E-state index >= 15 is 0 Å². The number of hydrogen-bond acceptors (Lipinski definition) is 3. The van der Waals surface area contributed by atoms with Crippen LogP contribution in [0.15, 0.2) is 12.2 Å². The Balaban J connectivity index is 3.61. The van der Waals surface area contributed by atoms with Gasteiger partial charge in [0.25, 0.3) is 0 Å². The highest BCUT2D eigenvalue weighted by molar-refractivity contribution is 5.69. The molecule has 0 rings (SSSR count). The quantitative estimate of drug-likeness (QED) is 0.178. The molecule has 0 heterocycles. The Morgan fingerprint density at radius 3 is 2.04 bits per heavy atom. The first-order valence-corrected chi connectivity index (χ1v) is 10.9. The Morgan fingerprint density at radius 2 is 1.52 bits per heavy atom. The van der Waals surface area contributed by atoms with E-state index in [9.17, 15) is 9.59 Å². The largest absolute Gasteiger partial charge is 0.465 e. The van der Waals surface area contributed by atoms with E-state index in [0.717, 1.165) is 30.6 Å². The molecule has 0 aromatic heterocycles. The lowest BCUT2D eigenvalue weighted by atomic mass is 10.1. The lowest BCUT2D eigenvalue weighted by Gasteiger charge is -2.23. The van der Waals surface area contributed by atoms with Gasteiger partial charge < -0.3 is 15.2 Å². The molecule has 0 aliphatic rings. The van der Waals surface area contributed by atoms with Crippen LogP contribution in [-0.4, -0.2) is 48.6 Å². The van der Waals surface area contributed by atoms with Gasteiger partial charge in [-0.1, -0.05) is 70.4 Å². The standard InChI is InChI=1S/C22H42N2O3/c1-3-4-5-6-7-8-9-10-11-12-13-14-15-16-17-21(23-2)20-24(18-19-25)22(26)27/h13-14,19,21,23H,3-12,15-18,20H2,1-2H3,(H,26,27). The van der Waals surface area contributed by atoms with E-state index in [1.807, 2.05) is 7.05 Å². The van der Waals surface area contributed by atoms with Gasteiger partial charge in [-0.25, -0.2) is 4.79 Å². The van der Waals surface area contributed by atoms with Gasteiger partial charge in [0.15, 0.2) is 0 Å². The van der Waals surface area contributed by atoms with Gasteiger partial charge in [0.2, 0.25) is 0 Å². The summed E-state index contributed by atoms with van der Waals surface area (Å²) in [6, 6.07) is 0.0896. The van der Waals surface area contributed by atoms with Crippen LogP contribution in [0.5, 0.6) is 0 Å². The van der Waals surface area contributed by atoms with Crippen molar-refractivity contribution in [1.82, 2.24) is 10.2 Å². The minimum Gasteiger partial charge on any atom is -0.465 e. The lowest BCUT2D eigenvalue weighted by Crippen LogP contribution is -2.42. The van der Waals surface area contributed by atoms with Crippen LogP contribution < -0.4 is 5.32 Å². The van der Waals surface area contributed by atoms with Crippen molar-refractivity contribution in [2.24, 2.45) is 0 Å². The van der Waals surface area contributed by atoms with E-state index in [2.05, 4.69) is 24.4 Å². The molecule has 0 saturated carbocycles. The van der Waals surface area contributed by atoms with E-state index in [1.54, 1.807) is 0 Å². The lowest BCUT2D eigenvalue weighted by molar-refractivity contribution is -0.108. The number of likely N-dealkylation sites (N-methyl/N-ethyl adjacent to an activating group) is 1. The third kappa shape index (κ3) is 16.5. The van der Waals surface area contributed by atoms with E-state index < -0.39 is 6.09 Å². The summed E-state index contributed by atoms with van der Waals surface area (Å²) in [6.45, 7) is 2.55. The van der Waals surface area contributed by atoms with Crippen molar-refractivity contribution >= 4 is 12.4 Å². The maximum absolute atomic E-state index is 11.1. The molecule has 0 aromatic rings. The Kier molecular flexibility index (Phi) is 18.4. The molecule has 1 atom stereocenters. The fourth-order valence-electron chi connectivity index (χ4n) is 3.20. The van der Waals surface area contributed by atoms with Gasteiger partial charge in [-0.05, 0) is 39.2 Å². The van der Waals surface area contributed by atoms with Gasteiger partial charge in [-0.3, -0.25) is 4.90 Å². The molecule has 158 valence electrons. The number of nitrogens with zero attached hydrogens (tertiary/aromatic N) is 1. The second-order valence-corrected chi connectivity index (χ2v) is 7.36. The first-order valence-electron chi connectivity index (χ1n) is 10.9. The average Bonchev–Trinajstić information content (AvgIpc) is 2.66. The maximum atomic E-state index is 11.1. The minimum absolute atomic E-state index is 0.0633. The van der Waals surface area contributed by atoms with Gasteiger partial charge in [0.05, 0.1) is 6.54 Å². The van der Waals surface area contributed by atoms with E-state index in [0.29, 0.717) is 12.8 Å². The number of hydrogen-bond donors (Lipinski definition) is 2. The summed E-state index contributed by atoms with van der Waals surface area (Å²) in [5, 5.41) is 12.2. The van der Waals surface area contributed by atoms with Crippen LogP contribution >= 0.6 is 0 Å². The van der Waals surface area contributed by atoms with Gasteiger partial charge in [-0.15, -0.1) is 0 Å². The molecular weight excluding hydrogens is 340 g/mol. The molecule has 0 aliphatic carbocycles. The predicted octanol–water partition coefficient (Wildman–Crippen LogP) is 5.40. The van der Waals surface area contributed by atoms with Crippen molar-refractivity contribution in [3.63, 3.8) is 0 Å². The highest BCUT2D eigenvalue weighted by atomic mass is 16.4. The zero-order valence-electron chi connectivity index (χ0n) is 17.6. The maximum Gasteiger partial charge on any atom is 0.407 e. The molecule has 0 fully saturated rings. The number of aldehydes is 1. The Bertz CT molecular complexity index is 386. The van der Waals surface area contributed by atoms with Crippen LogP contribution in [0, 0.1) is 0 Å². The average molecular weight is 383 g/mol. The summed E-state index contributed by atoms with van der Waals surface area (Å²) >= 11 is 0. The second kappa shape index (κ2) is 19.4. The highest BCUT2D eigenvalue weighted by Crippen LogP contribution is 2.11. The Labute approximate surface area is 166 Å². The van der Waals surface area contributed by atoms with Gasteiger partial charge in [0, 0.05) is 12.6 Å². The third-order valence-corrected chi connectivity index (χ3v) is 4.98. The summed E-state index contributed by atoms with van der Waals surface area (Å²) in [4.78, 5) is 22.8. The van der Waals surface area contributed by atoms with Crippen molar-refractivity contribution in [1.29, 1.82) is 0 Å². The minimum atomic E-state index is -1.04. The van der Waals surface area contributed by atoms with Gasteiger partial charge in [-0.2, -0.15) is 0 Å². The topological polar surface area (TPSA) is 69.6 Å². The van der Waals surface area contributed by atoms with Crippen molar-refractivity contribution < 1.29 is 14.7 Å². The number of unbranched alkanes of at least 4 members (excludes halogenated alkanes) is 10. The number of nitrogens with one attached hydrogen (secondary N) is 1. The number of rotatable bonds is 19. The van der Waals surface area contributed by atoms with E-state index in [1.165, 1.54) is 57.8 Å². The molecule has 0 aliphatic heterocycles. The third-order valence-electron chi connectivity index (χ3n) is 4.98. The molecule has 0 bridgehead atoms. The molecule has 0 saturated heterocycles. The first kappa shape index (κ1) is 25.6. The monoisotopic (exact) mass is 382 g/mol. The first-order chi connectivity index (χ1) is 13.2. The summed E-state index contributed by atoms with van der Waals surface area (Å²) in [5.74, 6) is 0. The molecule has 0 aromatic carbocycles. The summed E-state index contributed by atoms with van der Waals surface area (Å²) < 4.78 is 0. The number of allylic oxidation sites excluding steroid dienone is 2. The summed E-state index contributed by atoms with van der Waals surface area (Å²) in [6.07, 6.45) is 20.5. The summed E-state index contributed by atoms with van der Waals surface area (Å²) in [7, 11) is 1.84. The van der Waals surface area contributed by atoms with Crippen LogP contribution in [0.25, 0.3) is 0 Å². The molecular formula is C22H42N2O3. The van der Waals surface area contributed by atoms with Crippen LogP contribution in [-0.2, 0) is 4.79 Å².